The lowest BCUT2D eigenvalue weighted by Crippen LogP contribution is -2.35. The summed E-state index contributed by atoms with van der Waals surface area (Å²) in [6.45, 7) is 1.65. The van der Waals surface area contributed by atoms with Gasteiger partial charge in [0.15, 0.2) is 0 Å². The molecule has 0 heterocycles. The first-order valence-electron chi connectivity index (χ1n) is 3.94. The molecule has 5 nitrogen and oxygen atoms in total. The minimum absolute atomic E-state index is 0. The lowest BCUT2D eigenvalue weighted by atomic mass is 10.0. The van der Waals surface area contributed by atoms with Crippen molar-refractivity contribution in [2.45, 2.75) is 19.4 Å². The van der Waals surface area contributed by atoms with Gasteiger partial charge in [0.1, 0.15) is 6.04 Å². The molecule has 2 N–H and O–H groups in total. The average molecular weight is 226 g/mol. The molecule has 0 rings (SSSR count). The fourth-order valence-corrected chi connectivity index (χ4v) is 0.926. The molecule has 0 saturated carbocycles. The topological polar surface area (TPSA) is 78.6 Å². The zero-order valence-corrected chi connectivity index (χ0v) is 9.30. The Kier molecular flexibility index (Phi) is 8.48. The highest BCUT2D eigenvalue weighted by Crippen LogP contribution is 2.07. The standard InChI is InChI=1S/C8H15NO4.ClH/c1-5(7(10)12-2)4-6(9)8(11)13-3;/h5-6H,4,9H2,1-3H3;1H/t5-,6+;/m1./s1. The van der Waals surface area contributed by atoms with Crippen LogP contribution >= 0.6 is 12.4 Å². The molecule has 2 atom stereocenters. The van der Waals surface area contributed by atoms with Crippen molar-refractivity contribution in [3.63, 3.8) is 0 Å². The summed E-state index contributed by atoms with van der Waals surface area (Å²) in [5.74, 6) is -1.28. The molecule has 0 bridgehead atoms. The number of methoxy groups -OCH3 is 2. The van der Waals surface area contributed by atoms with E-state index in [1.54, 1.807) is 6.92 Å². The van der Waals surface area contributed by atoms with E-state index in [4.69, 9.17) is 5.73 Å². The molecule has 0 aromatic rings. The van der Waals surface area contributed by atoms with Gasteiger partial charge in [0, 0.05) is 0 Å². The SMILES string of the molecule is COC(=O)[C@H](C)C[C@H](N)C(=O)OC.Cl. The molecular formula is C8H16ClNO4. The molecule has 0 amide bonds. The third kappa shape index (κ3) is 5.04. The van der Waals surface area contributed by atoms with Gasteiger partial charge >= 0.3 is 11.9 Å². The van der Waals surface area contributed by atoms with Crippen molar-refractivity contribution in [2.24, 2.45) is 11.7 Å². The van der Waals surface area contributed by atoms with Crippen molar-refractivity contribution in [2.75, 3.05) is 14.2 Å². The Bertz CT molecular complexity index is 178. The Morgan fingerprint density at radius 3 is 2.00 bits per heavy atom. The van der Waals surface area contributed by atoms with E-state index in [0.29, 0.717) is 0 Å². The summed E-state index contributed by atoms with van der Waals surface area (Å²) in [7, 11) is 2.55. The Morgan fingerprint density at radius 1 is 1.21 bits per heavy atom. The summed E-state index contributed by atoms with van der Waals surface area (Å²) in [6, 6.07) is -0.765. The second kappa shape index (κ2) is 7.58. The van der Waals surface area contributed by atoms with Crippen molar-refractivity contribution in [1.82, 2.24) is 0 Å². The van der Waals surface area contributed by atoms with Crippen LogP contribution in [0.2, 0.25) is 0 Å². The molecule has 0 saturated heterocycles. The van der Waals surface area contributed by atoms with Crippen LogP contribution in [0.1, 0.15) is 13.3 Å². The maximum Gasteiger partial charge on any atom is 0.322 e. The third-order valence-corrected chi connectivity index (χ3v) is 1.71. The van der Waals surface area contributed by atoms with E-state index in [-0.39, 0.29) is 30.7 Å². The lowest BCUT2D eigenvalue weighted by Gasteiger charge is -2.13. The van der Waals surface area contributed by atoms with E-state index < -0.39 is 12.0 Å². The Morgan fingerprint density at radius 2 is 1.64 bits per heavy atom. The largest absolute Gasteiger partial charge is 0.469 e. The average Bonchev–Trinajstić information content (AvgIpc) is 2.14. The molecule has 0 aliphatic carbocycles. The summed E-state index contributed by atoms with van der Waals surface area (Å²) in [4.78, 5) is 21.8. The van der Waals surface area contributed by atoms with E-state index >= 15 is 0 Å². The molecule has 0 aliphatic heterocycles. The predicted octanol–water partition coefficient (Wildman–Crippen LogP) is 0.108. The van der Waals surface area contributed by atoms with Crippen LogP contribution in [-0.2, 0) is 19.1 Å². The van der Waals surface area contributed by atoms with Crippen LogP contribution in [0.5, 0.6) is 0 Å². The maximum atomic E-state index is 10.9. The summed E-state index contributed by atoms with van der Waals surface area (Å²) < 4.78 is 8.89. The van der Waals surface area contributed by atoms with E-state index in [0.717, 1.165) is 0 Å². The molecule has 0 unspecified atom stereocenters. The molecule has 0 aliphatic rings. The van der Waals surface area contributed by atoms with Crippen LogP contribution in [0.25, 0.3) is 0 Å². The van der Waals surface area contributed by atoms with Crippen LogP contribution in [0.3, 0.4) is 0 Å². The number of ether oxygens (including phenoxy) is 2. The van der Waals surface area contributed by atoms with Gasteiger partial charge in [-0.2, -0.15) is 0 Å². The first-order chi connectivity index (χ1) is 6.02. The summed E-state index contributed by atoms with van der Waals surface area (Å²) in [5.41, 5.74) is 5.44. The van der Waals surface area contributed by atoms with Crippen LogP contribution in [0.4, 0.5) is 0 Å². The number of hydrogen-bond acceptors (Lipinski definition) is 5. The van der Waals surface area contributed by atoms with Gasteiger partial charge in [-0.15, -0.1) is 12.4 Å². The van der Waals surface area contributed by atoms with Gasteiger partial charge in [0.25, 0.3) is 0 Å². The van der Waals surface area contributed by atoms with Gasteiger partial charge in [-0.3, -0.25) is 9.59 Å². The number of carbonyl (C=O) groups excluding carboxylic acids is 2. The highest BCUT2D eigenvalue weighted by Gasteiger charge is 2.21. The van der Waals surface area contributed by atoms with Crippen molar-refractivity contribution < 1.29 is 19.1 Å². The van der Waals surface area contributed by atoms with Crippen LogP contribution in [-0.4, -0.2) is 32.2 Å². The second-order valence-corrected chi connectivity index (χ2v) is 2.79. The Balaban J connectivity index is 0. The van der Waals surface area contributed by atoms with Gasteiger partial charge in [0.2, 0.25) is 0 Å². The highest BCUT2D eigenvalue weighted by atomic mass is 35.5. The van der Waals surface area contributed by atoms with Crippen molar-refractivity contribution in [3.8, 4) is 0 Å². The first-order valence-corrected chi connectivity index (χ1v) is 3.94. The van der Waals surface area contributed by atoms with Crippen molar-refractivity contribution >= 4 is 24.3 Å². The molecule has 14 heavy (non-hydrogen) atoms. The number of hydrogen-bond donors (Lipinski definition) is 1. The predicted molar refractivity (Wildman–Crippen MR) is 53.0 cm³/mol. The third-order valence-electron chi connectivity index (χ3n) is 1.71. The highest BCUT2D eigenvalue weighted by molar-refractivity contribution is 5.85. The molecule has 84 valence electrons. The summed E-state index contributed by atoms with van der Waals surface area (Å²) >= 11 is 0. The smallest absolute Gasteiger partial charge is 0.322 e. The quantitative estimate of drug-likeness (QED) is 0.687. The Labute approximate surface area is 89.3 Å². The second-order valence-electron chi connectivity index (χ2n) is 2.79. The number of carbonyl (C=O) groups is 2. The number of esters is 2. The van der Waals surface area contributed by atoms with E-state index in [1.807, 2.05) is 0 Å². The number of halogens is 1. The normalized spacial score (nSPS) is 13.4. The van der Waals surface area contributed by atoms with Gasteiger partial charge in [-0.1, -0.05) is 6.92 Å². The van der Waals surface area contributed by atoms with Crippen LogP contribution in [0.15, 0.2) is 0 Å². The summed E-state index contributed by atoms with van der Waals surface area (Å²) in [5, 5.41) is 0. The van der Waals surface area contributed by atoms with Gasteiger partial charge in [-0.05, 0) is 6.42 Å². The fraction of sp³-hybridized carbons (Fsp3) is 0.750. The molecule has 0 radical (unpaired) electrons. The van der Waals surface area contributed by atoms with Gasteiger partial charge in [-0.25, -0.2) is 0 Å². The monoisotopic (exact) mass is 225 g/mol. The minimum Gasteiger partial charge on any atom is -0.469 e. The zero-order chi connectivity index (χ0) is 10.4. The zero-order valence-electron chi connectivity index (χ0n) is 8.48. The lowest BCUT2D eigenvalue weighted by molar-refractivity contribution is -0.146. The molecule has 0 aromatic heterocycles. The van der Waals surface area contributed by atoms with Gasteiger partial charge < -0.3 is 15.2 Å². The molecular weight excluding hydrogens is 210 g/mol. The van der Waals surface area contributed by atoms with E-state index in [2.05, 4.69) is 9.47 Å². The minimum atomic E-state index is -0.765. The summed E-state index contributed by atoms with van der Waals surface area (Å²) in [6.07, 6.45) is 0.235. The van der Waals surface area contributed by atoms with Crippen molar-refractivity contribution in [1.29, 1.82) is 0 Å². The molecule has 6 heteroatoms. The molecule has 0 spiro atoms. The molecule has 0 fully saturated rings. The van der Waals surface area contributed by atoms with E-state index in [1.165, 1.54) is 14.2 Å². The Hall–Kier alpha value is -0.810. The molecule has 0 aromatic carbocycles. The first kappa shape index (κ1) is 15.7. The fourth-order valence-electron chi connectivity index (χ4n) is 0.926. The number of rotatable bonds is 4. The van der Waals surface area contributed by atoms with Crippen molar-refractivity contribution in [3.05, 3.63) is 0 Å². The number of nitrogens with two attached hydrogens (primary N) is 1. The maximum absolute atomic E-state index is 10.9. The van der Waals surface area contributed by atoms with E-state index in [9.17, 15) is 9.59 Å². The van der Waals surface area contributed by atoms with Gasteiger partial charge in [0.05, 0.1) is 20.1 Å². The van der Waals surface area contributed by atoms with Crippen LogP contribution < -0.4 is 5.73 Å². The van der Waals surface area contributed by atoms with Crippen LogP contribution in [0, 0.1) is 5.92 Å².